The molecule has 0 saturated heterocycles. The van der Waals surface area contributed by atoms with Gasteiger partial charge in [0.15, 0.2) is 0 Å². The monoisotopic (exact) mass is 274 g/mol. The number of rotatable bonds is 3. The van der Waals surface area contributed by atoms with Crippen LogP contribution in [0.5, 0.6) is 5.75 Å². The highest BCUT2D eigenvalue weighted by Crippen LogP contribution is 2.21. The van der Waals surface area contributed by atoms with E-state index in [9.17, 15) is 9.90 Å². The maximum Gasteiger partial charge on any atom is 0.275 e. The number of hydrogen-bond donors (Lipinski definition) is 2. The lowest BCUT2D eigenvalue weighted by atomic mass is 10.1. The quantitative estimate of drug-likeness (QED) is 0.667. The molecule has 0 atom stereocenters. The van der Waals surface area contributed by atoms with Crippen LogP contribution in [-0.4, -0.2) is 16.7 Å². The SMILES string of the molecule is C/C(=N/NC(=O)c1cccc(C)c1O)c1cccs1. The number of aromatic hydroxyl groups is 1. The van der Waals surface area contributed by atoms with Gasteiger partial charge in [-0.1, -0.05) is 18.2 Å². The van der Waals surface area contributed by atoms with Crippen LogP contribution in [0, 0.1) is 6.92 Å². The van der Waals surface area contributed by atoms with Crippen LogP contribution in [0.2, 0.25) is 0 Å². The van der Waals surface area contributed by atoms with E-state index in [0.29, 0.717) is 5.56 Å². The fraction of sp³-hybridized carbons (Fsp3) is 0.143. The molecule has 2 N–H and O–H groups in total. The molecule has 1 aromatic heterocycles. The minimum Gasteiger partial charge on any atom is -0.507 e. The summed E-state index contributed by atoms with van der Waals surface area (Å²) in [6, 6.07) is 8.88. The second-order valence-electron chi connectivity index (χ2n) is 4.09. The van der Waals surface area contributed by atoms with Gasteiger partial charge in [-0.2, -0.15) is 5.10 Å². The standard InChI is InChI=1S/C14H14N2O2S/c1-9-5-3-6-11(13(9)17)14(18)16-15-10(2)12-7-4-8-19-12/h3-8,17H,1-2H3,(H,16,18)/b15-10-. The summed E-state index contributed by atoms with van der Waals surface area (Å²) in [5.41, 5.74) is 4.07. The zero-order valence-corrected chi connectivity index (χ0v) is 11.5. The molecule has 0 unspecified atom stereocenters. The molecule has 1 aromatic carbocycles. The van der Waals surface area contributed by atoms with Crippen molar-refractivity contribution in [2.75, 3.05) is 0 Å². The van der Waals surface area contributed by atoms with Gasteiger partial charge in [0.1, 0.15) is 5.75 Å². The molecule has 19 heavy (non-hydrogen) atoms. The fourth-order valence-corrected chi connectivity index (χ4v) is 2.25. The first-order valence-electron chi connectivity index (χ1n) is 5.76. The zero-order valence-electron chi connectivity index (χ0n) is 10.7. The highest BCUT2D eigenvalue weighted by Gasteiger charge is 2.11. The molecule has 0 bridgehead atoms. The van der Waals surface area contributed by atoms with Crippen molar-refractivity contribution in [1.82, 2.24) is 5.43 Å². The Kier molecular flexibility index (Phi) is 3.97. The molecular formula is C14H14N2O2S. The Balaban J connectivity index is 2.14. The molecule has 1 amide bonds. The van der Waals surface area contributed by atoms with Crippen molar-refractivity contribution in [1.29, 1.82) is 0 Å². The molecule has 0 spiro atoms. The van der Waals surface area contributed by atoms with Crippen LogP contribution in [0.15, 0.2) is 40.8 Å². The molecule has 2 rings (SSSR count). The first-order chi connectivity index (χ1) is 9.09. The van der Waals surface area contributed by atoms with E-state index < -0.39 is 5.91 Å². The van der Waals surface area contributed by atoms with Crippen LogP contribution in [0.1, 0.15) is 27.7 Å². The second-order valence-corrected chi connectivity index (χ2v) is 5.03. The summed E-state index contributed by atoms with van der Waals surface area (Å²) < 4.78 is 0. The van der Waals surface area contributed by atoms with Crippen molar-refractivity contribution in [3.05, 3.63) is 51.7 Å². The lowest BCUT2D eigenvalue weighted by Gasteiger charge is -2.05. The number of thiophene rings is 1. The van der Waals surface area contributed by atoms with Gasteiger partial charge in [-0.3, -0.25) is 4.79 Å². The van der Waals surface area contributed by atoms with Crippen LogP contribution in [0.3, 0.4) is 0 Å². The highest BCUT2D eigenvalue weighted by atomic mass is 32.1. The van der Waals surface area contributed by atoms with Crippen molar-refractivity contribution in [3.8, 4) is 5.75 Å². The maximum atomic E-state index is 11.9. The molecule has 0 fully saturated rings. The van der Waals surface area contributed by atoms with E-state index in [1.54, 1.807) is 36.5 Å². The van der Waals surface area contributed by atoms with Gasteiger partial charge in [-0.15, -0.1) is 11.3 Å². The molecule has 4 nitrogen and oxygen atoms in total. The second kappa shape index (κ2) is 5.67. The normalized spacial score (nSPS) is 11.4. The zero-order chi connectivity index (χ0) is 13.8. The molecular weight excluding hydrogens is 260 g/mol. The number of carbonyl (C=O) groups excluding carboxylic acids is 1. The van der Waals surface area contributed by atoms with Crippen molar-refractivity contribution >= 4 is 23.0 Å². The van der Waals surface area contributed by atoms with E-state index >= 15 is 0 Å². The topological polar surface area (TPSA) is 61.7 Å². The third-order valence-electron chi connectivity index (χ3n) is 2.69. The molecule has 0 aliphatic carbocycles. The minimum absolute atomic E-state index is 0.0102. The summed E-state index contributed by atoms with van der Waals surface area (Å²) in [6.07, 6.45) is 0. The van der Waals surface area contributed by atoms with Crippen molar-refractivity contribution < 1.29 is 9.90 Å². The molecule has 0 aliphatic rings. The fourth-order valence-electron chi connectivity index (χ4n) is 1.58. The number of carbonyl (C=O) groups is 1. The van der Waals surface area contributed by atoms with E-state index in [-0.39, 0.29) is 11.3 Å². The van der Waals surface area contributed by atoms with E-state index in [2.05, 4.69) is 10.5 Å². The van der Waals surface area contributed by atoms with E-state index in [1.807, 2.05) is 24.4 Å². The highest BCUT2D eigenvalue weighted by molar-refractivity contribution is 7.12. The third-order valence-corrected chi connectivity index (χ3v) is 3.66. The van der Waals surface area contributed by atoms with Crippen LogP contribution in [-0.2, 0) is 0 Å². The molecule has 98 valence electrons. The van der Waals surface area contributed by atoms with Crippen LogP contribution in [0.4, 0.5) is 0 Å². The smallest absolute Gasteiger partial charge is 0.275 e. The average molecular weight is 274 g/mol. The average Bonchev–Trinajstić information content (AvgIpc) is 2.93. The molecule has 1 heterocycles. The van der Waals surface area contributed by atoms with E-state index in [0.717, 1.165) is 10.6 Å². The van der Waals surface area contributed by atoms with E-state index in [1.165, 1.54) is 0 Å². The van der Waals surface area contributed by atoms with Gasteiger partial charge in [0.25, 0.3) is 5.91 Å². The predicted octanol–water partition coefficient (Wildman–Crippen LogP) is 2.92. The molecule has 5 heteroatoms. The van der Waals surface area contributed by atoms with Gasteiger partial charge in [0.05, 0.1) is 11.3 Å². The van der Waals surface area contributed by atoms with Gasteiger partial charge in [0, 0.05) is 4.88 Å². The summed E-state index contributed by atoms with van der Waals surface area (Å²) in [5, 5.41) is 15.8. The number of amides is 1. The lowest BCUT2D eigenvalue weighted by molar-refractivity contribution is 0.0952. The number of aryl methyl sites for hydroxylation is 1. The number of nitrogens with zero attached hydrogens (tertiary/aromatic N) is 1. The Labute approximate surface area is 115 Å². The van der Waals surface area contributed by atoms with Crippen LogP contribution >= 0.6 is 11.3 Å². The number of para-hydroxylation sites is 1. The maximum absolute atomic E-state index is 11.9. The Morgan fingerprint density at radius 3 is 2.79 bits per heavy atom. The van der Waals surface area contributed by atoms with Gasteiger partial charge in [-0.25, -0.2) is 5.43 Å². The Morgan fingerprint density at radius 1 is 1.32 bits per heavy atom. The van der Waals surface area contributed by atoms with Gasteiger partial charge >= 0.3 is 0 Å². The molecule has 0 saturated carbocycles. The van der Waals surface area contributed by atoms with Crippen LogP contribution in [0.25, 0.3) is 0 Å². The van der Waals surface area contributed by atoms with Gasteiger partial charge < -0.3 is 5.11 Å². The first-order valence-corrected chi connectivity index (χ1v) is 6.64. The summed E-state index contributed by atoms with van der Waals surface area (Å²) in [5.74, 6) is -0.430. The van der Waals surface area contributed by atoms with Gasteiger partial charge in [-0.05, 0) is 36.9 Å². The molecule has 0 aliphatic heterocycles. The number of benzene rings is 1. The Bertz CT molecular complexity index is 618. The first kappa shape index (κ1) is 13.3. The number of hydrazone groups is 1. The molecule has 0 radical (unpaired) electrons. The Hall–Kier alpha value is -2.14. The van der Waals surface area contributed by atoms with Crippen LogP contribution < -0.4 is 5.43 Å². The van der Waals surface area contributed by atoms with Crippen molar-refractivity contribution in [2.45, 2.75) is 13.8 Å². The lowest BCUT2D eigenvalue weighted by Crippen LogP contribution is -2.19. The third kappa shape index (κ3) is 3.00. The van der Waals surface area contributed by atoms with Gasteiger partial charge in [0.2, 0.25) is 0 Å². The number of phenolic OH excluding ortho intramolecular Hbond substituents is 1. The summed E-state index contributed by atoms with van der Waals surface area (Å²) in [6.45, 7) is 3.56. The predicted molar refractivity (Wildman–Crippen MR) is 76.8 cm³/mol. The summed E-state index contributed by atoms with van der Waals surface area (Å²) in [4.78, 5) is 12.9. The summed E-state index contributed by atoms with van der Waals surface area (Å²) in [7, 11) is 0. The number of hydrogen-bond acceptors (Lipinski definition) is 4. The number of phenols is 1. The largest absolute Gasteiger partial charge is 0.507 e. The molecule has 2 aromatic rings. The van der Waals surface area contributed by atoms with Crippen molar-refractivity contribution in [2.24, 2.45) is 5.10 Å². The van der Waals surface area contributed by atoms with E-state index in [4.69, 9.17) is 0 Å². The summed E-state index contributed by atoms with van der Waals surface area (Å²) >= 11 is 1.55. The minimum atomic E-state index is -0.419. The number of nitrogens with one attached hydrogen (secondary N) is 1. The van der Waals surface area contributed by atoms with Crippen molar-refractivity contribution in [3.63, 3.8) is 0 Å². The Morgan fingerprint density at radius 2 is 2.11 bits per heavy atom.